The number of rotatable bonds is 4. The first-order chi connectivity index (χ1) is 14.5. The van der Waals surface area contributed by atoms with Gasteiger partial charge in [-0.15, -0.1) is 0 Å². The molecule has 154 valence electrons. The average molecular weight is 401 g/mol. The number of carbonyl (C=O) groups is 1. The quantitative estimate of drug-likeness (QED) is 0.592. The van der Waals surface area contributed by atoms with Gasteiger partial charge in [0.05, 0.1) is 13.2 Å². The number of hydrogen-bond acceptors (Lipinski definition) is 3. The van der Waals surface area contributed by atoms with E-state index in [-0.39, 0.29) is 18.0 Å². The molecule has 1 aliphatic rings. The third-order valence-electron chi connectivity index (χ3n) is 5.78. The van der Waals surface area contributed by atoms with Crippen LogP contribution in [0, 0.1) is 13.8 Å². The Hall–Kier alpha value is -3.27. The number of amides is 1. The van der Waals surface area contributed by atoms with Crippen LogP contribution in [0.5, 0.6) is 5.75 Å². The summed E-state index contributed by atoms with van der Waals surface area (Å²) in [5, 5.41) is 3.68. The van der Waals surface area contributed by atoms with Crippen LogP contribution in [0.25, 0.3) is 0 Å². The second kappa shape index (κ2) is 8.23. The number of nitrogens with zero attached hydrogens (tertiary/aromatic N) is 1. The Bertz CT molecular complexity index is 1040. The summed E-state index contributed by atoms with van der Waals surface area (Å²) < 4.78 is 5.23. The summed E-state index contributed by atoms with van der Waals surface area (Å²) in [5.74, 6) is 0.765. The van der Waals surface area contributed by atoms with Crippen molar-refractivity contribution in [2.24, 2.45) is 0 Å². The topological polar surface area (TPSA) is 41.6 Å². The second-order valence-corrected chi connectivity index (χ2v) is 8.11. The summed E-state index contributed by atoms with van der Waals surface area (Å²) in [4.78, 5) is 15.4. The van der Waals surface area contributed by atoms with Crippen LogP contribution in [-0.2, 0) is 0 Å². The number of carbonyl (C=O) groups excluding carboxylic acids is 1. The molecule has 30 heavy (non-hydrogen) atoms. The standard InChI is InChI=1S/C26H28N2O2/c1-17-5-10-21(11-6-17)27-24-16-19(3)28(25-14-7-18(2)15-23(24)25)26(29)20-8-12-22(30-4)13-9-20/h5-15,19,24,27H,16H2,1-4H3/t19-,24-/m1/s1. The van der Waals surface area contributed by atoms with Gasteiger partial charge in [-0.2, -0.15) is 0 Å². The van der Waals surface area contributed by atoms with Gasteiger partial charge in [0.1, 0.15) is 5.75 Å². The summed E-state index contributed by atoms with van der Waals surface area (Å²) in [6, 6.07) is 22.4. The molecule has 0 saturated carbocycles. The van der Waals surface area contributed by atoms with Gasteiger partial charge in [0.15, 0.2) is 0 Å². The zero-order chi connectivity index (χ0) is 21.3. The smallest absolute Gasteiger partial charge is 0.258 e. The number of aryl methyl sites for hydroxylation is 2. The fraction of sp³-hybridized carbons (Fsp3) is 0.269. The Morgan fingerprint density at radius 3 is 2.30 bits per heavy atom. The number of methoxy groups -OCH3 is 1. The van der Waals surface area contributed by atoms with Gasteiger partial charge in [0, 0.05) is 23.0 Å². The molecule has 0 saturated heterocycles. The van der Waals surface area contributed by atoms with Gasteiger partial charge in [-0.25, -0.2) is 0 Å². The predicted molar refractivity (Wildman–Crippen MR) is 123 cm³/mol. The van der Waals surface area contributed by atoms with Crippen LogP contribution in [0.3, 0.4) is 0 Å². The summed E-state index contributed by atoms with van der Waals surface area (Å²) in [5.41, 5.74) is 6.33. The lowest BCUT2D eigenvalue weighted by Gasteiger charge is -2.40. The van der Waals surface area contributed by atoms with Crippen molar-refractivity contribution < 1.29 is 9.53 Å². The lowest BCUT2D eigenvalue weighted by Crippen LogP contribution is -2.44. The summed E-state index contributed by atoms with van der Waals surface area (Å²) >= 11 is 0. The molecule has 0 fully saturated rings. The van der Waals surface area contributed by atoms with Gasteiger partial charge in [-0.05, 0) is 75.2 Å². The number of ether oxygens (including phenoxy) is 1. The van der Waals surface area contributed by atoms with Gasteiger partial charge in [-0.1, -0.05) is 35.4 Å². The Kier molecular flexibility index (Phi) is 5.49. The van der Waals surface area contributed by atoms with Gasteiger partial charge in [-0.3, -0.25) is 4.79 Å². The van der Waals surface area contributed by atoms with Gasteiger partial charge >= 0.3 is 0 Å². The fourth-order valence-corrected chi connectivity index (χ4v) is 4.15. The number of hydrogen-bond donors (Lipinski definition) is 1. The molecule has 4 nitrogen and oxygen atoms in total. The molecule has 1 aliphatic heterocycles. The van der Waals surface area contributed by atoms with E-state index in [2.05, 4.69) is 68.6 Å². The molecule has 0 aromatic heterocycles. The Balaban J connectivity index is 1.68. The molecule has 0 radical (unpaired) electrons. The number of nitrogens with one attached hydrogen (secondary N) is 1. The lowest BCUT2D eigenvalue weighted by molar-refractivity contribution is 0.0974. The highest BCUT2D eigenvalue weighted by atomic mass is 16.5. The first-order valence-corrected chi connectivity index (χ1v) is 10.4. The largest absolute Gasteiger partial charge is 0.497 e. The Morgan fingerprint density at radius 2 is 1.63 bits per heavy atom. The van der Waals surface area contributed by atoms with Gasteiger partial charge in [0.2, 0.25) is 0 Å². The molecule has 0 spiro atoms. The van der Waals surface area contributed by atoms with E-state index in [9.17, 15) is 4.79 Å². The summed E-state index contributed by atoms with van der Waals surface area (Å²) in [7, 11) is 1.63. The molecule has 4 rings (SSSR count). The third kappa shape index (κ3) is 3.90. The van der Waals surface area contributed by atoms with Crippen LogP contribution in [0.15, 0.2) is 66.7 Å². The van der Waals surface area contributed by atoms with E-state index in [1.54, 1.807) is 7.11 Å². The van der Waals surface area contributed by atoms with Crippen molar-refractivity contribution >= 4 is 17.3 Å². The highest BCUT2D eigenvalue weighted by molar-refractivity contribution is 6.07. The first kappa shape index (κ1) is 20.0. The van der Waals surface area contributed by atoms with Crippen LogP contribution < -0.4 is 15.0 Å². The van der Waals surface area contributed by atoms with E-state index in [1.807, 2.05) is 29.2 Å². The van der Waals surface area contributed by atoms with E-state index >= 15 is 0 Å². The van der Waals surface area contributed by atoms with Gasteiger partial charge < -0.3 is 15.0 Å². The highest BCUT2D eigenvalue weighted by Gasteiger charge is 2.34. The second-order valence-electron chi connectivity index (χ2n) is 8.11. The molecule has 2 atom stereocenters. The predicted octanol–water partition coefficient (Wildman–Crippen LogP) is 5.90. The van der Waals surface area contributed by atoms with Crippen LogP contribution in [0.4, 0.5) is 11.4 Å². The van der Waals surface area contributed by atoms with Crippen molar-refractivity contribution in [3.8, 4) is 5.75 Å². The van der Waals surface area contributed by atoms with Crippen LogP contribution in [0.1, 0.15) is 46.4 Å². The minimum Gasteiger partial charge on any atom is -0.497 e. The maximum Gasteiger partial charge on any atom is 0.258 e. The zero-order valence-corrected chi connectivity index (χ0v) is 18.0. The van der Waals surface area contributed by atoms with E-state index in [0.717, 1.165) is 29.1 Å². The molecular formula is C26H28N2O2. The maximum atomic E-state index is 13.4. The molecule has 3 aromatic carbocycles. The number of benzene rings is 3. The van der Waals surface area contributed by atoms with Crippen LogP contribution in [-0.4, -0.2) is 19.1 Å². The molecule has 3 aromatic rings. The molecule has 1 N–H and O–H groups in total. The minimum absolute atomic E-state index is 0.0176. The van der Waals surface area contributed by atoms with Crippen molar-refractivity contribution in [2.75, 3.05) is 17.3 Å². The fourth-order valence-electron chi connectivity index (χ4n) is 4.15. The first-order valence-electron chi connectivity index (χ1n) is 10.4. The molecule has 1 heterocycles. The lowest BCUT2D eigenvalue weighted by atomic mass is 9.89. The molecule has 0 bridgehead atoms. The Morgan fingerprint density at radius 1 is 0.967 bits per heavy atom. The molecule has 1 amide bonds. The van der Waals surface area contributed by atoms with E-state index in [4.69, 9.17) is 4.74 Å². The average Bonchev–Trinajstić information content (AvgIpc) is 2.75. The monoisotopic (exact) mass is 400 g/mol. The van der Waals surface area contributed by atoms with Gasteiger partial charge in [0.25, 0.3) is 5.91 Å². The van der Waals surface area contributed by atoms with Crippen LogP contribution in [0.2, 0.25) is 0 Å². The minimum atomic E-state index is 0.0176. The Labute approximate surface area is 178 Å². The summed E-state index contributed by atoms with van der Waals surface area (Å²) in [6.07, 6.45) is 0.840. The third-order valence-corrected chi connectivity index (χ3v) is 5.78. The normalized spacial score (nSPS) is 17.9. The SMILES string of the molecule is COc1ccc(C(=O)N2c3ccc(C)cc3[C@H](Nc3ccc(C)cc3)C[C@H]2C)cc1. The molecular weight excluding hydrogens is 372 g/mol. The number of anilines is 2. The van der Waals surface area contributed by atoms with E-state index in [1.165, 1.54) is 11.1 Å². The number of fused-ring (bicyclic) bond motifs is 1. The van der Waals surface area contributed by atoms with Crippen molar-refractivity contribution in [2.45, 2.75) is 39.3 Å². The maximum absolute atomic E-state index is 13.4. The molecule has 4 heteroatoms. The van der Waals surface area contributed by atoms with Crippen molar-refractivity contribution in [1.82, 2.24) is 0 Å². The molecule has 0 unspecified atom stereocenters. The molecule has 0 aliphatic carbocycles. The van der Waals surface area contributed by atoms with E-state index < -0.39 is 0 Å². The van der Waals surface area contributed by atoms with Crippen molar-refractivity contribution in [3.63, 3.8) is 0 Å². The van der Waals surface area contributed by atoms with Crippen molar-refractivity contribution in [3.05, 3.63) is 89.0 Å². The van der Waals surface area contributed by atoms with E-state index in [0.29, 0.717) is 5.56 Å². The summed E-state index contributed by atoms with van der Waals surface area (Å²) in [6.45, 7) is 6.30. The highest BCUT2D eigenvalue weighted by Crippen LogP contribution is 2.40. The van der Waals surface area contributed by atoms with Crippen LogP contribution >= 0.6 is 0 Å². The zero-order valence-electron chi connectivity index (χ0n) is 18.0. The van der Waals surface area contributed by atoms with Crippen molar-refractivity contribution in [1.29, 1.82) is 0 Å².